The standard InChI is InChI=1S/C18H24N4O/c1-13-17(14(2)20-19-13)10-9-16-11-18(22(21-16)12-23-3)15-7-5-4-6-8-15/h4-8,11,16,21H,9-10,12H2,1-3H3,(H,19,20). The number of aromatic amines is 1. The third-order valence-electron chi connectivity index (χ3n) is 4.29. The maximum atomic E-state index is 5.32. The van der Waals surface area contributed by atoms with Gasteiger partial charge in [-0.3, -0.25) is 10.1 Å². The van der Waals surface area contributed by atoms with E-state index in [0.29, 0.717) is 12.8 Å². The summed E-state index contributed by atoms with van der Waals surface area (Å²) in [6.07, 6.45) is 4.32. The minimum Gasteiger partial charge on any atom is -0.363 e. The summed E-state index contributed by atoms with van der Waals surface area (Å²) in [5.74, 6) is 0. The van der Waals surface area contributed by atoms with E-state index in [-0.39, 0.29) is 0 Å². The number of benzene rings is 1. The van der Waals surface area contributed by atoms with E-state index in [2.05, 4.69) is 64.8 Å². The summed E-state index contributed by atoms with van der Waals surface area (Å²) >= 11 is 0. The van der Waals surface area contributed by atoms with Gasteiger partial charge in [0.2, 0.25) is 0 Å². The van der Waals surface area contributed by atoms with Crippen molar-refractivity contribution >= 4 is 5.70 Å². The third kappa shape index (κ3) is 3.46. The molecule has 0 saturated carbocycles. The van der Waals surface area contributed by atoms with Crippen LogP contribution < -0.4 is 5.43 Å². The van der Waals surface area contributed by atoms with Crippen LogP contribution in [0.25, 0.3) is 5.70 Å². The molecule has 23 heavy (non-hydrogen) atoms. The number of aromatic nitrogens is 2. The first kappa shape index (κ1) is 15.8. The van der Waals surface area contributed by atoms with Crippen LogP contribution in [0.3, 0.4) is 0 Å². The first-order valence-corrected chi connectivity index (χ1v) is 7.99. The highest BCUT2D eigenvalue weighted by molar-refractivity contribution is 5.66. The molecule has 3 rings (SSSR count). The molecule has 0 aliphatic carbocycles. The summed E-state index contributed by atoms with van der Waals surface area (Å²) in [6.45, 7) is 4.67. The fraction of sp³-hybridized carbons (Fsp3) is 0.389. The maximum absolute atomic E-state index is 5.32. The Hall–Kier alpha value is -2.11. The predicted molar refractivity (Wildman–Crippen MR) is 91.4 cm³/mol. The normalized spacial score (nSPS) is 17.6. The summed E-state index contributed by atoms with van der Waals surface area (Å²) in [4.78, 5) is 0. The Balaban J connectivity index is 1.72. The van der Waals surface area contributed by atoms with Crippen LogP contribution in [0, 0.1) is 13.8 Å². The van der Waals surface area contributed by atoms with E-state index in [1.54, 1.807) is 7.11 Å². The lowest BCUT2D eigenvalue weighted by atomic mass is 10.0. The fourth-order valence-electron chi connectivity index (χ4n) is 3.07. The third-order valence-corrected chi connectivity index (χ3v) is 4.29. The molecule has 1 aliphatic heterocycles. The van der Waals surface area contributed by atoms with Crippen molar-refractivity contribution in [2.45, 2.75) is 32.7 Å². The van der Waals surface area contributed by atoms with Crippen LogP contribution >= 0.6 is 0 Å². The van der Waals surface area contributed by atoms with Crippen molar-refractivity contribution in [3.8, 4) is 0 Å². The lowest BCUT2D eigenvalue weighted by molar-refractivity contribution is 0.0730. The van der Waals surface area contributed by atoms with Crippen molar-refractivity contribution in [2.75, 3.05) is 13.8 Å². The SMILES string of the molecule is COCN1NC(CCc2c(C)n[nH]c2C)C=C1c1ccccc1. The molecule has 1 aliphatic rings. The van der Waals surface area contributed by atoms with E-state index in [9.17, 15) is 0 Å². The summed E-state index contributed by atoms with van der Waals surface area (Å²) in [7, 11) is 1.72. The van der Waals surface area contributed by atoms with Crippen molar-refractivity contribution in [2.24, 2.45) is 0 Å². The van der Waals surface area contributed by atoms with Crippen molar-refractivity contribution in [1.29, 1.82) is 0 Å². The number of nitrogens with one attached hydrogen (secondary N) is 2. The summed E-state index contributed by atoms with van der Waals surface area (Å²) < 4.78 is 5.32. The number of ether oxygens (including phenoxy) is 1. The van der Waals surface area contributed by atoms with E-state index < -0.39 is 0 Å². The van der Waals surface area contributed by atoms with Gasteiger partial charge in [0, 0.05) is 18.8 Å². The Labute approximate surface area is 137 Å². The smallest absolute Gasteiger partial charge is 0.133 e. The quantitative estimate of drug-likeness (QED) is 0.861. The first-order chi connectivity index (χ1) is 11.2. The lowest BCUT2D eigenvalue weighted by Gasteiger charge is -2.23. The van der Waals surface area contributed by atoms with Crippen LogP contribution in [0.1, 0.15) is 28.9 Å². The maximum Gasteiger partial charge on any atom is 0.133 e. The Morgan fingerprint density at radius 3 is 2.65 bits per heavy atom. The summed E-state index contributed by atoms with van der Waals surface area (Å²) in [5.41, 5.74) is 9.50. The van der Waals surface area contributed by atoms with Gasteiger partial charge in [-0.15, -0.1) is 0 Å². The second-order valence-corrected chi connectivity index (χ2v) is 5.95. The number of methoxy groups -OCH3 is 1. The highest BCUT2D eigenvalue weighted by Crippen LogP contribution is 2.25. The Morgan fingerprint density at radius 1 is 1.22 bits per heavy atom. The number of nitrogens with zero attached hydrogens (tertiary/aromatic N) is 2. The van der Waals surface area contributed by atoms with Crippen LogP contribution in [-0.2, 0) is 11.2 Å². The van der Waals surface area contributed by atoms with Gasteiger partial charge >= 0.3 is 0 Å². The van der Waals surface area contributed by atoms with E-state index in [4.69, 9.17) is 4.74 Å². The van der Waals surface area contributed by atoms with E-state index in [0.717, 1.165) is 18.5 Å². The lowest BCUT2D eigenvalue weighted by Crippen LogP contribution is -2.38. The van der Waals surface area contributed by atoms with Gasteiger partial charge in [0.25, 0.3) is 0 Å². The Morgan fingerprint density at radius 2 is 2.00 bits per heavy atom. The molecule has 1 unspecified atom stereocenters. The van der Waals surface area contributed by atoms with Crippen molar-refractivity contribution in [3.63, 3.8) is 0 Å². The highest BCUT2D eigenvalue weighted by atomic mass is 16.5. The van der Waals surface area contributed by atoms with E-state index in [1.165, 1.54) is 22.5 Å². The average molecular weight is 312 g/mol. The van der Waals surface area contributed by atoms with Gasteiger partial charge in [-0.2, -0.15) is 5.10 Å². The molecule has 1 atom stereocenters. The first-order valence-electron chi connectivity index (χ1n) is 7.99. The second kappa shape index (κ2) is 6.98. The van der Waals surface area contributed by atoms with Crippen molar-refractivity contribution in [1.82, 2.24) is 20.6 Å². The molecule has 2 heterocycles. The topological polar surface area (TPSA) is 53.2 Å². The molecular formula is C18H24N4O. The number of aryl methyl sites for hydroxylation is 2. The molecule has 2 aromatic rings. The number of hydrogen-bond acceptors (Lipinski definition) is 4. The van der Waals surface area contributed by atoms with Gasteiger partial charge in [-0.05, 0) is 43.9 Å². The summed E-state index contributed by atoms with van der Waals surface area (Å²) in [5, 5.41) is 9.42. The van der Waals surface area contributed by atoms with E-state index in [1.807, 2.05) is 6.07 Å². The fourth-order valence-corrected chi connectivity index (χ4v) is 3.07. The Bertz CT molecular complexity index is 658. The predicted octanol–water partition coefficient (Wildman–Crippen LogP) is 2.79. The van der Waals surface area contributed by atoms with Crippen molar-refractivity contribution < 1.29 is 4.74 Å². The summed E-state index contributed by atoms with van der Waals surface area (Å²) in [6, 6.07) is 10.7. The van der Waals surface area contributed by atoms with Crippen LogP contribution in [0.4, 0.5) is 0 Å². The van der Waals surface area contributed by atoms with E-state index >= 15 is 0 Å². The zero-order valence-electron chi connectivity index (χ0n) is 14.0. The number of H-pyrrole nitrogens is 1. The van der Waals surface area contributed by atoms with Crippen LogP contribution in [0.15, 0.2) is 36.4 Å². The zero-order valence-corrected chi connectivity index (χ0v) is 14.0. The van der Waals surface area contributed by atoms with Crippen LogP contribution in [-0.4, -0.2) is 35.1 Å². The van der Waals surface area contributed by atoms with Crippen molar-refractivity contribution in [3.05, 3.63) is 58.9 Å². The monoisotopic (exact) mass is 312 g/mol. The molecule has 1 aromatic carbocycles. The van der Waals surface area contributed by atoms with Gasteiger partial charge in [0.1, 0.15) is 6.73 Å². The molecule has 5 nitrogen and oxygen atoms in total. The molecule has 5 heteroatoms. The molecule has 1 aromatic heterocycles. The second-order valence-electron chi connectivity index (χ2n) is 5.95. The van der Waals surface area contributed by atoms with Crippen LogP contribution in [0.5, 0.6) is 0 Å². The molecule has 2 N–H and O–H groups in total. The molecule has 0 spiro atoms. The highest BCUT2D eigenvalue weighted by Gasteiger charge is 2.24. The molecule has 0 amide bonds. The van der Waals surface area contributed by atoms with Gasteiger partial charge in [0.15, 0.2) is 0 Å². The number of rotatable bonds is 6. The molecule has 122 valence electrons. The largest absolute Gasteiger partial charge is 0.363 e. The zero-order chi connectivity index (χ0) is 16.2. The van der Waals surface area contributed by atoms with Gasteiger partial charge in [-0.25, -0.2) is 5.43 Å². The molecule has 0 saturated heterocycles. The van der Waals surface area contributed by atoms with Gasteiger partial charge in [0.05, 0.1) is 11.4 Å². The number of hydrazine groups is 1. The molecule has 0 fully saturated rings. The van der Waals surface area contributed by atoms with Gasteiger partial charge < -0.3 is 4.74 Å². The Kier molecular flexibility index (Phi) is 4.79. The molecule has 0 bridgehead atoms. The number of hydrogen-bond donors (Lipinski definition) is 2. The molecule has 0 radical (unpaired) electrons. The minimum atomic E-state index is 0.300. The minimum absolute atomic E-state index is 0.300. The van der Waals surface area contributed by atoms with Gasteiger partial charge in [-0.1, -0.05) is 30.3 Å². The van der Waals surface area contributed by atoms with Crippen LogP contribution in [0.2, 0.25) is 0 Å². The average Bonchev–Trinajstić information content (AvgIpc) is 3.11. The molecular weight excluding hydrogens is 288 g/mol.